The molecule has 0 aliphatic carbocycles. The first-order valence-corrected chi connectivity index (χ1v) is 7.57. The minimum absolute atomic E-state index is 0.0782. The molecule has 0 fully saturated rings. The Balaban J connectivity index is 2.01. The highest BCUT2D eigenvalue weighted by atomic mass is 16.6. The van der Waals surface area contributed by atoms with Gasteiger partial charge in [-0.2, -0.15) is 5.10 Å². The minimum Gasteiger partial charge on any atom is -0.500 e. The molecule has 12 nitrogen and oxygen atoms in total. The summed E-state index contributed by atoms with van der Waals surface area (Å²) >= 11 is 0. The lowest BCUT2D eigenvalue weighted by atomic mass is 10.2. The molecule has 2 rings (SSSR count). The van der Waals surface area contributed by atoms with Gasteiger partial charge in [-0.05, 0) is 12.1 Å². The van der Waals surface area contributed by atoms with Gasteiger partial charge in [-0.15, -0.1) is 0 Å². The van der Waals surface area contributed by atoms with Crippen LogP contribution >= 0.6 is 0 Å². The molecule has 146 valence electrons. The van der Waals surface area contributed by atoms with Gasteiger partial charge in [-0.25, -0.2) is 5.43 Å². The van der Waals surface area contributed by atoms with Crippen molar-refractivity contribution in [2.45, 2.75) is 0 Å². The number of hydrazone groups is 1. The molecule has 0 bridgehead atoms. The fourth-order valence-corrected chi connectivity index (χ4v) is 2.07. The third-order valence-electron chi connectivity index (χ3n) is 3.32. The zero-order valence-corrected chi connectivity index (χ0v) is 14.4. The van der Waals surface area contributed by atoms with E-state index in [1.54, 1.807) is 0 Å². The number of aromatic hydroxyl groups is 1. The fraction of sp³-hybridized carbons (Fsp3) is 0.125. The first-order valence-electron chi connectivity index (χ1n) is 7.57. The maximum Gasteiger partial charge on any atom is 0.315 e. The summed E-state index contributed by atoms with van der Waals surface area (Å²) in [5, 5.41) is 35.1. The second-order valence-corrected chi connectivity index (χ2v) is 5.15. The van der Waals surface area contributed by atoms with Crippen molar-refractivity contribution < 1.29 is 29.2 Å². The predicted molar refractivity (Wildman–Crippen MR) is 95.6 cm³/mol. The Morgan fingerprint density at radius 2 is 1.86 bits per heavy atom. The van der Waals surface area contributed by atoms with Gasteiger partial charge in [0.2, 0.25) is 5.75 Å². The highest BCUT2D eigenvalue weighted by Crippen LogP contribution is 2.36. The fourth-order valence-electron chi connectivity index (χ4n) is 2.07. The van der Waals surface area contributed by atoms with Gasteiger partial charge >= 0.3 is 11.4 Å². The number of nitrogens with one attached hydrogen (secondary N) is 1. The average Bonchev–Trinajstić information content (AvgIpc) is 2.67. The van der Waals surface area contributed by atoms with Gasteiger partial charge in [0.15, 0.2) is 18.1 Å². The largest absolute Gasteiger partial charge is 0.500 e. The molecule has 1 amide bonds. The van der Waals surface area contributed by atoms with E-state index in [-0.39, 0.29) is 22.7 Å². The van der Waals surface area contributed by atoms with Crippen LogP contribution in [-0.4, -0.2) is 40.8 Å². The van der Waals surface area contributed by atoms with E-state index in [9.17, 15) is 30.1 Å². The summed E-state index contributed by atoms with van der Waals surface area (Å²) < 4.78 is 9.94. The number of rotatable bonds is 8. The molecule has 2 aromatic carbocycles. The number of carbonyl (C=O) groups excluding carboxylic acids is 1. The lowest BCUT2D eigenvalue weighted by Crippen LogP contribution is -2.24. The van der Waals surface area contributed by atoms with Gasteiger partial charge in [0, 0.05) is 17.7 Å². The van der Waals surface area contributed by atoms with Crippen molar-refractivity contribution >= 4 is 23.5 Å². The quantitative estimate of drug-likeness (QED) is 0.390. The summed E-state index contributed by atoms with van der Waals surface area (Å²) in [6, 6.07) is 7.87. The van der Waals surface area contributed by atoms with E-state index in [4.69, 9.17) is 9.47 Å². The summed E-state index contributed by atoms with van der Waals surface area (Å²) in [6.45, 7) is -0.540. The normalized spacial score (nSPS) is 10.5. The van der Waals surface area contributed by atoms with Crippen molar-refractivity contribution in [1.82, 2.24) is 5.43 Å². The second kappa shape index (κ2) is 8.93. The maximum absolute atomic E-state index is 11.7. The Morgan fingerprint density at radius 3 is 2.50 bits per heavy atom. The summed E-state index contributed by atoms with van der Waals surface area (Å²) in [5.74, 6) is -1.56. The highest BCUT2D eigenvalue weighted by molar-refractivity contribution is 5.85. The molecule has 28 heavy (non-hydrogen) atoms. The highest BCUT2D eigenvalue weighted by Gasteiger charge is 2.19. The van der Waals surface area contributed by atoms with Gasteiger partial charge < -0.3 is 14.6 Å². The van der Waals surface area contributed by atoms with Crippen molar-refractivity contribution in [3.05, 3.63) is 62.2 Å². The molecule has 2 aromatic rings. The number of amides is 1. The minimum atomic E-state index is -0.797. The van der Waals surface area contributed by atoms with E-state index in [1.807, 2.05) is 0 Å². The van der Waals surface area contributed by atoms with E-state index >= 15 is 0 Å². The number of hydrogen-bond acceptors (Lipinski definition) is 9. The molecule has 0 aromatic heterocycles. The van der Waals surface area contributed by atoms with Crippen LogP contribution in [0.4, 0.5) is 11.4 Å². The molecule has 0 heterocycles. The Kier molecular flexibility index (Phi) is 6.41. The van der Waals surface area contributed by atoms with Gasteiger partial charge in [-0.1, -0.05) is 12.1 Å². The van der Waals surface area contributed by atoms with Gasteiger partial charge in [0.1, 0.15) is 0 Å². The summed E-state index contributed by atoms with van der Waals surface area (Å²) in [7, 11) is 1.22. The number of nitro benzene ring substituents is 2. The molecule has 0 saturated heterocycles. The molecule has 12 heteroatoms. The number of nitrogens with zero attached hydrogens (tertiary/aromatic N) is 3. The number of hydrogen-bond donors (Lipinski definition) is 2. The van der Waals surface area contributed by atoms with Crippen molar-refractivity contribution in [2.24, 2.45) is 5.10 Å². The van der Waals surface area contributed by atoms with Crippen LogP contribution in [0.15, 0.2) is 41.5 Å². The van der Waals surface area contributed by atoms with Gasteiger partial charge in [-0.3, -0.25) is 25.0 Å². The standard InChI is InChI=1S/C16H14N4O8/c1-27-14-7-10(6-12(16(14)22)20(25)26)8-17-18-15(21)9-28-13-5-3-2-4-11(13)19(23)24/h2-8,22H,9H2,1H3,(H,18,21)/b17-8-. The van der Waals surface area contributed by atoms with Gasteiger partial charge in [0.25, 0.3) is 5.91 Å². The van der Waals surface area contributed by atoms with Crippen LogP contribution in [-0.2, 0) is 4.79 Å². The maximum atomic E-state index is 11.7. The van der Waals surface area contributed by atoms with E-state index in [0.717, 1.165) is 12.3 Å². The molecule has 0 aliphatic heterocycles. The van der Waals surface area contributed by atoms with Crippen LogP contribution in [0.1, 0.15) is 5.56 Å². The zero-order valence-electron chi connectivity index (χ0n) is 14.4. The summed E-state index contributed by atoms with van der Waals surface area (Å²) in [6.07, 6.45) is 1.10. The van der Waals surface area contributed by atoms with Crippen LogP contribution in [0.25, 0.3) is 0 Å². The number of phenolic OH excluding ortho intramolecular Hbond substituents is 1. The van der Waals surface area contributed by atoms with Crippen LogP contribution in [0.5, 0.6) is 17.2 Å². The van der Waals surface area contributed by atoms with Crippen molar-refractivity contribution in [1.29, 1.82) is 0 Å². The molecule has 0 unspecified atom stereocenters. The number of para-hydroxylation sites is 2. The van der Waals surface area contributed by atoms with E-state index in [2.05, 4.69) is 10.5 Å². The van der Waals surface area contributed by atoms with Crippen LogP contribution in [0, 0.1) is 20.2 Å². The van der Waals surface area contributed by atoms with Crippen LogP contribution < -0.4 is 14.9 Å². The SMILES string of the molecule is COc1cc(/C=N\NC(=O)COc2ccccc2[N+](=O)[O-])cc([N+](=O)[O-])c1O. The predicted octanol–water partition coefficient (Wildman–Crippen LogP) is 1.75. The zero-order chi connectivity index (χ0) is 20.7. The third kappa shape index (κ3) is 4.91. The number of methoxy groups -OCH3 is 1. The Morgan fingerprint density at radius 1 is 1.18 bits per heavy atom. The molecular weight excluding hydrogens is 376 g/mol. The number of nitro groups is 2. The average molecular weight is 390 g/mol. The summed E-state index contributed by atoms with van der Waals surface area (Å²) in [5.41, 5.74) is 1.41. The van der Waals surface area contributed by atoms with E-state index in [0.29, 0.717) is 0 Å². The molecule has 0 aliphatic rings. The molecule has 0 atom stereocenters. The second-order valence-electron chi connectivity index (χ2n) is 5.15. The molecule has 0 radical (unpaired) electrons. The first kappa shape index (κ1) is 20.1. The van der Waals surface area contributed by atoms with E-state index in [1.165, 1.54) is 37.4 Å². The monoisotopic (exact) mass is 390 g/mol. The van der Waals surface area contributed by atoms with Crippen molar-refractivity contribution in [2.75, 3.05) is 13.7 Å². The molecular formula is C16H14N4O8. The Bertz CT molecular complexity index is 944. The number of carbonyl (C=O) groups is 1. The summed E-state index contributed by atoms with van der Waals surface area (Å²) in [4.78, 5) is 32.1. The smallest absolute Gasteiger partial charge is 0.315 e. The number of ether oxygens (including phenoxy) is 2. The topological polar surface area (TPSA) is 166 Å². The van der Waals surface area contributed by atoms with Crippen LogP contribution in [0.2, 0.25) is 0 Å². The first-order chi connectivity index (χ1) is 13.3. The molecule has 0 saturated carbocycles. The number of benzene rings is 2. The van der Waals surface area contributed by atoms with E-state index < -0.39 is 33.8 Å². The molecule has 0 spiro atoms. The lowest BCUT2D eigenvalue weighted by Gasteiger charge is -2.06. The van der Waals surface area contributed by atoms with Gasteiger partial charge in [0.05, 0.1) is 23.2 Å². The molecule has 2 N–H and O–H groups in total. The van der Waals surface area contributed by atoms with Crippen LogP contribution in [0.3, 0.4) is 0 Å². The van der Waals surface area contributed by atoms with Crippen molar-refractivity contribution in [3.63, 3.8) is 0 Å². The Hall–Kier alpha value is -4.22. The van der Waals surface area contributed by atoms with Crippen molar-refractivity contribution in [3.8, 4) is 17.2 Å². The number of phenols is 1. The third-order valence-corrected chi connectivity index (χ3v) is 3.32. The lowest BCUT2D eigenvalue weighted by molar-refractivity contribution is -0.386. The Labute approximate surface area is 157 Å².